The number of fused-ring (bicyclic) bond motifs is 5. The van der Waals surface area contributed by atoms with Crippen molar-refractivity contribution < 1.29 is 53.8 Å². The van der Waals surface area contributed by atoms with Gasteiger partial charge in [-0.15, -0.1) is 0 Å². The molecule has 0 radical (unpaired) electrons. The highest BCUT2D eigenvalue weighted by Crippen LogP contribution is 2.63. The molecule has 4 N–H and O–H groups in total. The summed E-state index contributed by atoms with van der Waals surface area (Å²) in [5, 5.41) is 46.5. The second-order valence-corrected chi connectivity index (χ2v) is 11.9. The zero-order valence-electron chi connectivity index (χ0n) is 22.7. The molecular formula is C29H34O11. The van der Waals surface area contributed by atoms with Gasteiger partial charge in [0.15, 0.2) is 17.2 Å². The lowest BCUT2D eigenvalue weighted by Gasteiger charge is -2.67. The molecular weight excluding hydrogens is 524 g/mol. The first-order valence-corrected chi connectivity index (χ1v) is 13.2. The number of ether oxygens (including phenoxy) is 3. The number of Topliss-reactive ketones (excluding diaryl/α,β-unsaturated/α-hetero) is 2. The normalized spacial score (nSPS) is 40.1. The SMILES string of the molecule is CC(=O)OC12COC1CC(O)C1(CO)C(=O)C(O)C3=C(C)C(=O)CC(O)(C(OC(=O)c4ccccc4)C21)C3(C)C. The van der Waals surface area contributed by atoms with E-state index in [0.29, 0.717) is 0 Å². The van der Waals surface area contributed by atoms with Crippen molar-refractivity contribution in [3.05, 3.63) is 47.0 Å². The van der Waals surface area contributed by atoms with E-state index in [2.05, 4.69) is 0 Å². The van der Waals surface area contributed by atoms with E-state index in [9.17, 15) is 39.6 Å². The Morgan fingerprint density at radius 1 is 1.12 bits per heavy atom. The minimum Gasteiger partial charge on any atom is -0.455 e. The van der Waals surface area contributed by atoms with Crippen LogP contribution >= 0.6 is 0 Å². The van der Waals surface area contributed by atoms with Gasteiger partial charge in [-0.1, -0.05) is 32.0 Å². The summed E-state index contributed by atoms with van der Waals surface area (Å²) in [5.41, 5.74) is -7.77. The second kappa shape index (κ2) is 9.28. The van der Waals surface area contributed by atoms with Crippen LogP contribution in [0.5, 0.6) is 0 Å². The highest BCUT2D eigenvalue weighted by atomic mass is 16.6. The van der Waals surface area contributed by atoms with E-state index < -0.39 is 88.9 Å². The van der Waals surface area contributed by atoms with Crippen LogP contribution in [0.25, 0.3) is 0 Å². The first-order valence-electron chi connectivity index (χ1n) is 13.2. The number of hydrogen-bond donors (Lipinski definition) is 4. The van der Waals surface area contributed by atoms with Crippen molar-refractivity contribution >= 4 is 23.5 Å². The Bertz CT molecular complexity index is 1300. The molecule has 8 unspecified atom stereocenters. The molecule has 4 aliphatic rings. The molecule has 0 spiro atoms. The van der Waals surface area contributed by atoms with Gasteiger partial charge in [0.05, 0.1) is 36.2 Å². The van der Waals surface area contributed by atoms with Gasteiger partial charge in [-0.3, -0.25) is 14.4 Å². The maximum atomic E-state index is 14.3. The molecule has 0 amide bonds. The van der Waals surface area contributed by atoms with Crippen molar-refractivity contribution in [2.24, 2.45) is 16.7 Å². The van der Waals surface area contributed by atoms with Gasteiger partial charge in [-0.25, -0.2) is 4.79 Å². The van der Waals surface area contributed by atoms with Crippen molar-refractivity contribution in [1.82, 2.24) is 0 Å². The van der Waals surface area contributed by atoms with E-state index in [-0.39, 0.29) is 29.7 Å². The molecule has 1 aromatic rings. The number of allylic oxidation sites excluding steroid dienone is 1. The number of ketones is 2. The smallest absolute Gasteiger partial charge is 0.338 e. The molecule has 0 aromatic heterocycles. The Kier molecular flexibility index (Phi) is 6.63. The maximum Gasteiger partial charge on any atom is 0.338 e. The molecule has 3 aliphatic carbocycles. The third kappa shape index (κ3) is 3.54. The topological polar surface area (TPSA) is 177 Å². The van der Waals surface area contributed by atoms with E-state index in [0.717, 1.165) is 6.92 Å². The summed E-state index contributed by atoms with van der Waals surface area (Å²) in [5.74, 6) is -4.92. The van der Waals surface area contributed by atoms with Crippen molar-refractivity contribution in [1.29, 1.82) is 0 Å². The van der Waals surface area contributed by atoms with Gasteiger partial charge in [0.25, 0.3) is 0 Å². The van der Waals surface area contributed by atoms with Gasteiger partial charge >= 0.3 is 11.9 Å². The second-order valence-electron chi connectivity index (χ2n) is 11.9. The van der Waals surface area contributed by atoms with Crippen LogP contribution in [0.3, 0.4) is 0 Å². The predicted molar refractivity (Wildman–Crippen MR) is 136 cm³/mol. The number of carbonyl (C=O) groups is 4. The van der Waals surface area contributed by atoms with Crippen molar-refractivity contribution in [2.45, 2.75) is 76.2 Å². The Morgan fingerprint density at radius 3 is 2.33 bits per heavy atom. The largest absolute Gasteiger partial charge is 0.455 e. The van der Waals surface area contributed by atoms with Gasteiger partial charge in [0, 0.05) is 25.2 Å². The fraction of sp³-hybridized carbons (Fsp3) is 0.586. The zero-order chi connectivity index (χ0) is 29.4. The number of aliphatic hydroxyl groups excluding tert-OH is 3. The average Bonchev–Trinajstić information content (AvgIpc) is 2.89. The molecule has 216 valence electrons. The monoisotopic (exact) mass is 558 g/mol. The third-order valence-corrected chi connectivity index (χ3v) is 9.77. The van der Waals surface area contributed by atoms with E-state index in [1.807, 2.05) is 0 Å². The van der Waals surface area contributed by atoms with Crippen LogP contribution in [0, 0.1) is 16.7 Å². The fourth-order valence-electron chi connectivity index (χ4n) is 7.57. The highest BCUT2D eigenvalue weighted by Gasteiger charge is 2.79. The van der Waals surface area contributed by atoms with E-state index in [1.54, 1.807) is 18.2 Å². The predicted octanol–water partition coefficient (Wildman–Crippen LogP) is 0.262. The number of benzene rings is 1. The summed E-state index contributed by atoms with van der Waals surface area (Å²) in [7, 11) is 0. The minimum absolute atomic E-state index is 0.0556. The third-order valence-electron chi connectivity index (χ3n) is 9.77. The fourth-order valence-corrected chi connectivity index (χ4v) is 7.57. The average molecular weight is 559 g/mol. The molecule has 2 bridgehead atoms. The van der Waals surface area contributed by atoms with Crippen LogP contribution in [0.1, 0.15) is 50.9 Å². The first kappa shape index (κ1) is 28.6. The van der Waals surface area contributed by atoms with Crippen LogP contribution in [0.2, 0.25) is 0 Å². The summed E-state index contributed by atoms with van der Waals surface area (Å²) < 4.78 is 17.5. The molecule has 1 aromatic carbocycles. The van der Waals surface area contributed by atoms with Crippen LogP contribution in [-0.4, -0.2) is 92.8 Å². The van der Waals surface area contributed by atoms with Gasteiger partial charge in [0.1, 0.15) is 23.9 Å². The van der Waals surface area contributed by atoms with Crippen molar-refractivity contribution in [3.63, 3.8) is 0 Å². The molecule has 1 aliphatic heterocycles. The summed E-state index contributed by atoms with van der Waals surface area (Å²) in [4.78, 5) is 53.7. The molecule has 11 nitrogen and oxygen atoms in total. The Balaban J connectivity index is 1.85. The lowest BCUT2D eigenvalue weighted by Crippen LogP contribution is -2.82. The molecule has 2 saturated carbocycles. The Hall–Kier alpha value is -2.96. The molecule has 1 heterocycles. The molecule has 5 rings (SSSR count). The Labute approximate surface area is 230 Å². The first-order chi connectivity index (χ1) is 18.7. The highest BCUT2D eigenvalue weighted by molar-refractivity contribution is 6.02. The van der Waals surface area contributed by atoms with Crippen molar-refractivity contribution in [2.75, 3.05) is 13.2 Å². The lowest BCUT2D eigenvalue weighted by molar-refractivity contribution is -0.349. The lowest BCUT2D eigenvalue weighted by atomic mass is 9.44. The number of rotatable bonds is 4. The quantitative estimate of drug-likeness (QED) is 0.373. The van der Waals surface area contributed by atoms with E-state index >= 15 is 0 Å². The molecule has 8 atom stereocenters. The van der Waals surface area contributed by atoms with Crippen LogP contribution < -0.4 is 0 Å². The van der Waals surface area contributed by atoms with Crippen LogP contribution in [0.4, 0.5) is 0 Å². The Morgan fingerprint density at radius 2 is 1.77 bits per heavy atom. The van der Waals surface area contributed by atoms with Crippen molar-refractivity contribution in [3.8, 4) is 0 Å². The summed E-state index contributed by atoms with van der Waals surface area (Å²) in [6.45, 7) is 4.27. The minimum atomic E-state index is -2.28. The van der Waals surface area contributed by atoms with E-state index in [1.165, 1.54) is 32.9 Å². The maximum absolute atomic E-state index is 14.3. The standard InChI is InChI=1S/C29H34O11/c1-14-17(32)11-29(37)24(39-25(36)16-8-6-5-7-9-16)22-27(12-30,23(35)21(34)20(14)26(29,3)4)18(33)10-19-28(22,13-38-19)40-15(2)31/h5-9,18-19,21-22,24,30,33-34,37H,10-13H2,1-4H3. The molecule has 11 heteroatoms. The number of carbonyl (C=O) groups excluding carboxylic acids is 4. The number of hydrogen-bond acceptors (Lipinski definition) is 11. The number of aliphatic hydroxyl groups is 4. The van der Waals surface area contributed by atoms with Gasteiger partial charge < -0.3 is 34.6 Å². The van der Waals surface area contributed by atoms with Crippen LogP contribution in [-0.2, 0) is 28.6 Å². The van der Waals surface area contributed by atoms with Gasteiger partial charge in [-0.2, -0.15) is 0 Å². The van der Waals surface area contributed by atoms with Gasteiger partial charge in [0.2, 0.25) is 0 Å². The summed E-state index contributed by atoms with van der Waals surface area (Å²) >= 11 is 0. The molecule has 1 saturated heterocycles. The van der Waals surface area contributed by atoms with Gasteiger partial charge in [-0.05, 0) is 30.2 Å². The van der Waals surface area contributed by atoms with E-state index in [4.69, 9.17) is 14.2 Å². The number of esters is 2. The zero-order valence-corrected chi connectivity index (χ0v) is 22.7. The van der Waals surface area contributed by atoms with Crippen LogP contribution in [0.15, 0.2) is 41.5 Å². The molecule has 40 heavy (non-hydrogen) atoms. The molecule has 3 fully saturated rings. The summed E-state index contributed by atoms with van der Waals surface area (Å²) in [6.07, 6.45) is -7.25. The summed E-state index contributed by atoms with van der Waals surface area (Å²) in [6, 6.07) is 7.83.